The molecule has 0 atom stereocenters. The molecule has 16 heavy (non-hydrogen) atoms. The standard InChI is InChI=1S/C12H13N3O/c1-8-3-12(13)15-7-11(8)9-4-10(16-2)6-14-5-9/h3-7H,1-2H3,(H2,13,15). The van der Waals surface area contributed by atoms with Crippen molar-refractivity contribution in [2.75, 3.05) is 12.8 Å². The number of ether oxygens (including phenoxy) is 1. The summed E-state index contributed by atoms with van der Waals surface area (Å²) in [6, 6.07) is 3.77. The number of nitrogen functional groups attached to an aromatic ring is 1. The van der Waals surface area contributed by atoms with Crippen molar-refractivity contribution < 1.29 is 4.74 Å². The first-order valence-electron chi connectivity index (χ1n) is 4.92. The van der Waals surface area contributed by atoms with Gasteiger partial charge in [-0.15, -0.1) is 0 Å². The van der Waals surface area contributed by atoms with Crippen molar-refractivity contribution in [3.63, 3.8) is 0 Å². The van der Waals surface area contributed by atoms with Crippen LogP contribution in [0.1, 0.15) is 5.56 Å². The number of pyridine rings is 2. The number of aryl methyl sites for hydroxylation is 1. The summed E-state index contributed by atoms with van der Waals surface area (Å²) in [6.07, 6.45) is 5.20. The van der Waals surface area contributed by atoms with Crippen LogP contribution in [0.5, 0.6) is 5.75 Å². The van der Waals surface area contributed by atoms with E-state index < -0.39 is 0 Å². The smallest absolute Gasteiger partial charge is 0.137 e. The maximum atomic E-state index is 5.61. The Morgan fingerprint density at radius 3 is 2.69 bits per heavy atom. The number of anilines is 1. The van der Waals surface area contributed by atoms with E-state index in [0.29, 0.717) is 5.82 Å². The molecule has 0 radical (unpaired) electrons. The number of hydrogen-bond acceptors (Lipinski definition) is 4. The van der Waals surface area contributed by atoms with Gasteiger partial charge in [-0.1, -0.05) is 0 Å². The molecule has 0 spiro atoms. The van der Waals surface area contributed by atoms with Crippen molar-refractivity contribution in [3.05, 3.63) is 36.3 Å². The molecular formula is C12H13N3O. The maximum Gasteiger partial charge on any atom is 0.137 e. The van der Waals surface area contributed by atoms with Crippen LogP contribution in [-0.2, 0) is 0 Å². The van der Waals surface area contributed by atoms with Gasteiger partial charge in [0, 0.05) is 23.5 Å². The van der Waals surface area contributed by atoms with Crippen LogP contribution in [0.15, 0.2) is 30.7 Å². The van der Waals surface area contributed by atoms with E-state index >= 15 is 0 Å². The number of aromatic nitrogens is 2. The summed E-state index contributed by atoms with van der Waals surface area (Å²) in [4.78, 5) is 8.19. The quantitative estimate of drug-likeness (QED) is 0.832. The molecule has 0 aliphatic rings. The molecular weight excluding hydrogens is 202 g/mol. The van der Waals surface area contributed by atoms with Crippen LogP contribution in [0.25, 0.3) is 11.1 Å². The Labute approximate surface area is 94.1 Å². The first kappa shape index (κ1) is 10.4. The molecule has 4 heteroatoms. The number of nitrogens with two attached hydrogens (primary N) is 1. The Hall–Kier alpha value is -2.10. The third kappa shape index (κ3) is 1.95. The van der Waals surface area contributed by atoms with E-state index in [4.69, 9.17) is 10.5 Å². The molecule has 0 unspecified atom stereocenters. The molecule has 2 heterocycles. The highest BCUT2D eigenvalue weighted by atomic mass is 16.5. The summed E-state index contributed by atoms with van der Waals surface area (Å²) in [5, 5.41) is 0. The zero-order valence-corrected chi connectivity index (χ0v) is 9.27. The molecule has 2 aromatic rings. The predicted molar refractivity (Wildman–Crippen MR) is 63.2 cm³/mol. The zero-order valence-electron chi connectivity index (χ0n) is 9.27. The van der Waals surface area contributed by atoms with Crippen LogP contribution in [-0.4, -0.2) is 17.1 Å². The van der Waals surface area contributed by atoms with Gasteiger partial charge >= 0.3 is 0 Å². The van der Waals surface area contributed by atoms with Crippen LogP contribution < -0.4 is 10.5 Å². The maximum absolute atomic E-state index is 5.61. The fraction of sp³-hybridized carbons (Fsp3) is 0.167. The van der Waals surface area contributed by atoms with Crippen LogP contribution >= 0.6 is 0 Å². The average Bonchev–Trinajstić information content (AvgIpc) is 2.29. The van der Waals surface area contributed by atoms with Gasteiger partial charge in [-0.2, -0.15) is 0 Å². The SMILES string of the molecule is COc1cncc(-c2cnc(N)cc2C)c1. The lowest BCUT2D eigenvalue weighted by Gasteiger charge is -2.07. The largest absolute Gasteiger partial charge is 0.495 e. The molecule has 2 aromatic heterocycles. The van der Waals surface area contributed by atoms with Crippen molar-refractivity contribution in [1.82, 2.24) is 9.97 Å². The fourth-order valence-electron chi connectivity index (χ4n) is 1.56. The summed E-state index contributed by atoms with van der Waals surface area (Å²) in [6.45, 7) is 1.99. The van der Waals surface area contributed by atoms with Crippen LogP contribution in [0, 0.1) is 6.92 Å². The molecule has 2 rings (SSSR count). The van der Waals surface area contributed by atoms with E-state index in [1.165, 1.54) is 0 Å². The molecule has 0 aliphatic carbocycles. The van der Waals surface area contributed by atoms with Gasteiger partial charge in [0.05, 0.1) is 13.3 Å². The molecule has 82 valence electrons. The molecule has 4 nitrogen and oxygen atoms in total. The van der Waals surface area contributed by atoms with Gasteiger partial charge in [-0.05, 0) is 24.6 Å². The highest BCUT2D eigenvalue weighted by Gasteiger charge is 2.04. The minimum atomic E-state index is 0.525. The number of hydrogen-bond donors (Lipinski definition) is 1. The zero-order chi connectivity index (χ0) is 11.5. The summed E-state index contributed by atoms with van der Waals surface area (Å²) in [5.74, 6) is 1.26. The molecule has 0 aliphatic heterocycles. The van der Waals surface area contributed by atoms with Gasteiger partial charge in [0.15, 0.2) is 0 Å². The first-order valence-corrected chi connectivity index (χ1v) is 4.92. The Kier molecular flexibility index (Phi) is 2.72. The van der Waals surface area contributed by atoms with Crippen LogP contribution in [0.3, 0.4) is 0 Å². The summed E-state index contributed by atoms with van der Waals surface area (Å²) in [7, 11) is 1.62. The van der Waals surface area contributed by atoms with E-state index in [-0.39, 0.29) is 0 Å². The molecule has 0 aromatic carbocycles. The number of methoxy groups -OCH3 is 1. The van der Waals surface area contributed by atoms with Gasteiger partial charge < -0.3 is 10.5 Å². The van der Waals surface area contributed by atoms with Gasteiger partial charge in [-0.3, -0.25) is 4.98 Å². The van der Waals surface area contributed by atoms with E-state index in [1.807, 2.05) is 19.1 Å². The van der Waals surface area contributed by atoms with Gasteiger partial charge in [0.2, 0.25) is 0 Å². The van der Waals surface area contributed by atoms with E-state index in [2.05, 4.69) is 9.97 Å². The average molecular weight is 215 g/mol. The lowest BCUT2D eigenvalue weighted by atomic mass is 10.0. The van der Waals surface area contributed by atoms with E-state index in [1.54, 1.807) is 25.7 Å². The Balaban J connectivity index is 2.49. The lowest BCUT2D eigenvalue weighted by Crippen LogP contribution is -1.93. The lowest BCUT2D eigenvalue weighted by molar-refractivity contribution is 0.413. The Morgan fingerprint density at radius 1 is 1.19 bits per heavy atom. The molecule has 0 bridgehead atoms. The van der Waals surface area contributed by atoms with Crippen molar-refractivity contribution in [2.24, 2.45) is 0 Å². The van der Waals surface area contributed by atoms with Crippen molar-refractivity contribution >= 4 is 5.82 Å². The topological polar surface area (TPSA) is 61.0 Å². The van der Waals surface area contributed by atoms with Crippen LogP contribution in [0.2, 0.25) is 0 Å². The van der Waals surface area contributed by atoms with Gasteiger partial charge in [-0.25, -0.2) is 4.98 Å². The molecule has 0 saturated heterocycles. The van der Waals surface area contributed by atoms with E-state index in [0.717, 1.165) is 22.4 Å². The second-order valence-electron chi connectivity index (χ2n) is 3.54. The molecule has 0 fully saturated rings. The molecule has 0 saturated carbocycles. The monoisotopic (exact) mass is 215 g/mol. The number of rotatable bonds is 2. The molecule has 0 amide bonds. The van der Waals surface area contributed by atoms with E-state index in [9.17, 15) is 0 Å². The normalized spacial score (nSPS) is 10.1. The fourth-order valence-corrected chi connectivity index (χ4v) is 1.56. The minimum absolute atomic E-state index is 0.525. The summed E-state index contributed by atoms with van der Waals surface area (Å²) < 4.78 is 5.13. The number of nitrogens with zero attached hydrogens (tertiary/aromatic N) is 2. The third-order valence-corrected chi connectivity index (χ3v) is 2.39. The predicted octanol–water partition coefficient (Wildman–Crippen LogP) is 2.04. The highest BCUT2D eigenvalue weighted by Crippen LogP contribution is 2.25. The third-order valence-electron chi connectivity index (χ3n) is 2.39. The second-order valence-corrected chi connectivity index (χ2v) is 3.54. The highest BCUT2D eigenvalue weighted by molar-refractivity contribution is 5.67. The van der Waals surface area contributed by atoms with Crippen molar-refractivity contribution in [1.29, 1.82) is 0 Å². The molecule has 2 N–H and O–H groups in total. The Morgan fingerprint density at radius 2 is 2.00 bits per heavy atom. The van der Waals surface area contributed by atoms with Gasteiger partial charge in [0.25, 0.3) is 0 Å². The first-order chi connectivity index (χ1) is 7.70. The Bertz CT molecular complexity index is 511. The minimum Gasteiger partial charge on any atom is -0.495 e. The second kappa shape index (κ2) is 4.18. The van der Waals surface area contributed by atoms with Crippen molar-refractivity contribution in [3.8, 4) is 16.9 Å². The van der Waals surface area contributed by atoms with Crippen molar-refractivity contribution in [2.45, 2.75) is 6.92 Å². The van der Waals surface area contributed by atoms with Gasteiger partial charge in [0.1, 0.15) is 11.6 Å². The van der Waals surface area contributed by atoms with Crippen LogP contribution in [0.4, 0.5) is 5.82 Å². The summed E-state index contributed by atoms with van der Waals surface area (Å²) in [5.41, 5.74) is 8.67. The summed E-state index contributed by atoms with van der Waals surface area (Å²) >= 11 is 0.